The van der Waals surface area contributed by atoms with E-state index in [1.165, 1.54) is 24.6 Å². The molecule has 10 heteroatoms. The number of halogens is 1. The van der Waals surface area contributed by atoms with E-state index in [1.807, 2.05) is 30.3 Å². The number of ether oxygens (including phenoxy) is 1. The highest BCUT2D eigenvalue weighted by Crippen LogP contribution is 2.48. The fraction of sp³-hybridized carbons (Fsp3) is 0.200. The number of carbonyl (C=O) groups is 1. The first-order valence-corrected chi connectivity index (χ1v) is 12.1. The Morgan fingerprint density at radius 3 is 2.77 bits per heavy atom. The van der Waals surface area contributed by atoms with Crippen LogP contribution in [0.4, 0.5) is 5.82 Å². The largest absolute Gasteiger partial charge is 0.377 e. The van der Waals surface area contributed by atoms with Crippen LogP contribution in [0.1, 0.15) is 24.5 Å². The van der Waals surface area contributed by atoms with Gasteiger partial charge in [-0.25, -0.2) is 4.98 Å². The number of hydrogen-bond acceptors (Lipinski definition) is 7. The first-order chi connectivity index (χ1) is 16.9. The topological polar surface area (TPSA) is 113 Å². The van der Waals surface area contributed by atoms with Crippen molar-refractivity contribution in [2.75, 3.05) is 18.5 Å². The predicted octanol–water partition coefficient (Wildman–Crippen LogP) is 4.79. The second-order valence-corrected chi connectivity index (χ2v) is 9.56. The number of nitrogens with one attached hydrogen (secondary N) is 2. The summed E-state index contributed by atoms with van der Waals surface area (Å²) in [7, 11) is 0. The molecule has 1 aliphatic heterocycles. The second kappa shape index (κ2) is 9.71. The van der Waals surface area contributed by atoms with E-state index >= 15 is 0 Å². The summed E-state index contributed by atoms with van der Waals surface area (Å²) in [5.74, 6) is 0.797. The summed E-state index contributed by atoms with van der Waals surface area (Å²) in [5.41, 5.74) is 1.60. The molecule has 1 amide bonds. The minimum Gasteiger partial charge on any atom is -0.377 e. The van der Waals surface area contributed by atoms with Gasteiger partial charge in [0.25, 0.3) is 0 Å². The highest BCUT2D eigenvalue weighted by atomic mass is 35.5. The number of carbonyl (C=O) groups excluding carboxylic acids is 1. The molecule has 0 radical (unpaired) electrons. The van der Waals surface area contributed by atoms with Gasteiger partial charge >= 0.3 is 0 Å². The van der Waals surface area contributed by atoms with Crippen molar-refractivity contribution < 1.29 is 14.6 Å². The van der Waals surface area contributed by atoms with Crippen molar-refractivity contribution in [3.05, 3.63) is 82.8 Å². The number of aromatic amines is 1. The molecule has 0 aliphatic carbocycles. The molecule has 35 heavy (non-hydrogen) atoms. The van der Waals surface area contributed by atoms with Crippen LogP contribution in [0.2, 0.25) is 5.02 Å². The number of thiophene rings is 1. The quantitative estimate of drug-likeness (QED) is 0.323. The molecule has 1 aromatic carbocycles. The van der Waals surface area contributed by atoms with Crippen molar-refractivity contribution in [2.24, 2.45) is 0 Å². The van der Waals surface area contributed by atoms with Gasteiger partial charge in [0, 0.05) is 28.6 Å². The van der Waals surface area contributed by atoms with Gasteiger partial charge in [0.2, 0.25) is 5.91 Å². The average Bonchev–Trinajstić information content (AvgIpc) is 3.55. The third kappa shape index (κ3) is 4.63. The Balaban J connectivity index is 1.72. The van der Waals surface area contributed by atoms with Crippen LogP contribution in [-0.4, -0.2) is 44.4 Å². The molecule has 0 saturated heterocycles. The first-order valence-electron chi connectivity index (χ1n) is 11.0. The zero-order valence-electron chi connectivity index (χ0n) is 18.8. The second-order valence-electron chi connectivity index (χ2n) is 8.07. The maximum absolute atomic E-state index is 12.5. The van der Waals surface area contributed by atoms with Gasteiger partial charge in [-0.2, -0.15) is 0 Å². The molecule has 178 valence electrons. The number of rotatable bonds is 6. The van der Waals surface area contributed by atoms with E-state index in [0.717, 1.165) is 20.9 Å². The summed E-state index contributed by atoms with van der Waals surface area (Å²) < 4.78 is 5.53. The summed E-state index contributed by atoms with van der Waals surface area (Å²) >= 11 is 7.64. The van der Waals surface area contributed by atoms with Crippen LogP contribution in [-0.2, 0) is 15.1 Å². The van der Waals surface area contributed by atoms with Gasteiger partial charge in [-0.1, -0.05) is 29.8 Å². The Hall–Kier alpha value is -3.37. The number of benzene rings is 1. The Bertz CT molecular complexity index is 1380. The van der Waals surface area contributed by atoms with Crippen molar-refractivity contribution in [2.45, 2.75) is 18.9 Å². The first kappa shape index (κ1) is 23.4. The number of aromatic nitrogens is 4. The summed E-state index contributed by atoms with van der Waals surface area (Å²) in [6, 6.07) is 12.8. The van der Waals surface area contributed by atoms with Crippen molar-refractivity contribution in [1.82, 2.24) is 20.2 Å². The summed E-state index contributed by atoms with van der Waals surface area (Å²) in [5, 5.41) is 24.0. The van der Waals surface area contributed by atoms with Crippen LogP contribution in [0.5, 0.6) is 0 Å². The van der Waals surface area contributed by atoms with Gasteiger partial charge in [0.15, 0.2) is 5.82 Å². The lowest BCUT2D eigenvalue weighted by Gasteiger charge is -2.34. The highest BCUT2D eigenvalue weighted by Gasteiger charge is 2.40. The van der Waals surface area contributed by atoms with Gasteiger partial charge in [-0.05, 0) is 53.5 Å². The smallest absolute Gasteiger partial charge is 0.222 e. The molecule has 3 aromatic heterocycles. The van der Waals surface area contributed by atoms with E-state index in [2.05, 4.69) is 25.5 Å². The van der Waals surface area contributed by atoms with Crippen LogP contribution in [0.25, 0.3) is 21.1 Å². The minimum absolute atomic E-state index is 0.201. The van der Waals surface area contributed by atoms with Gasteiger partial charge in [0.05, 0.1) is 18.1 Å². The SMILES string of the molecule is CC(=O)Nc1cc(-c2cc(C(O)(C3=CCOCC3)c3ccc(Cl)cc3)c(-c3nnc[nH]3)s2)ccn1. The molecular weight excluding hydrogens is 486 g/mol. The predicted molar refractivity (Wildman–Crippen MR) is 135 cm³/mol. The lowest BCUT2D eigenvalue weighted by Crippen LogP contribution is -2.32. The monoisotopic (exact) mass is 507 g/mol. The van der Waals surface area contributed by atoms with E-state index in [-0.39, 0.29) is 5.91 Å². The molecule has 4 aromatic rings. The lowest BCUT2D eigenvalue weighted by atomic mass is 9.78. The molecular formula is C25H22ClN5O3S. The molecule has 0 bridgehead atoms. The zero-order valence-corrected chi connectivity index (χ0v) is 20.4. The minimum atomic E-state index is -1.45. The Morgan fingerprint density at radius 1 is 1.26 bits per heavy atom. The normalized spacial score (nSPS) is 15.3. The maximum atomic E-state index is 12.5. The molecule has 1 aliphatic rings. The molecule has 8 nitrogen and oxygen atoms in total. The van der Waals surface area contributed by atoms with E-state index in [4.69, 9.17) is 16.3 Å². The van der Waals surface area contributed by atoms with Gasteiger partial charge < -0.3 is 20.1 Å². The van der Waals surface area contributed by atoms with Crippen LogP contribution in [0, 0.1) is 0 Å². The molecule has 3 N–H and O–H groups in total. The lowest BCUT2D eigenvalue weighted by molar-refractivity contribution is -0.114. The molecule has 0 fully saturated rings. The van der Waals surface area contributed by atoms with Crippen molar-refractivity contribution in [3.63, 3.8) is 0 Å². The van der Waals surface area contributed by atoms with E-state index in [9.17, 15) is 9.90 Å². The number of nitrogens with zero attached hydrogens (tertiary/aromatic N) is 3. The molecule has 5 rings (SSSR count). The van der Waals surface area contributed by atoms with E-state index in [1.54, 1.807) is 24.4 Å². The van der Waals surface area contributed by atoms with Crippen molar-refractivity contribution in [3.8, 4) is 21.1 Å². The summed E-state index contributed by atoms with van der Waals surface area (Å²) in [4.78, 5) is 20.5. The number of anilines is 1. The molecule has 1 unspecified atom stereocenters. The van der Waals surface area contributed by atoms with Crippen molar-refractivity contribution >= 4 is 34.7 Å². The maximum Gasteiger partial charge on any atom is 0.222 e. The standard InChI is InChI=1S/C25H22ClN5O3S/c1-15(32)30-22-12-16(6-9-27-22)21-13-20(23(35-21)24-28-14-29-31-24)25(33,18-7-10-34-11-8-18)17-2-4-19(26)5-3-17/h2-7,9,12-14,33H,8,10-11H2,1H3,(H,27,30,32)(H,28,29,31). The zero-order chi connectivity index (χ0) is 24.4. The third-order valence-electron chi connectivity index (χ3n) is 5.79. The third-order valence-corrected chi connectivity index (χ3v) is 7.24. The Morgan fingerprint density at radius 2 is 2.09 bits per heavy atom. The fourth-order valence-electron chi connectivity index (χ4n) is 4.19. The Labute approximate surface area is 210 Å². The number of amides is 1. The van der Waals surface area contributed by atoms with Gasteiger partial charge in [-0.15, -0.1) is 21.5 Å². The fourth-order valence-corrected chi connectivity index (χ4v) is 5.47. The van der Waals surface area contributed by atoms with E-state index < -0.39 is 5.60 Å². The highest BCUT2D eigenvalue weighted by molar-refractivity contribution is 7.19. The van der Waals surface area contributed by atoms with Crippen LogP contribution < -0.4 is 5.32 Å². The van der Waals surface area contributed by atoms with Crippen LogP contribution in [0.15, 0.2) is 66.6 Å². The Kier molecular flexibility index (Phi) is 6.48. The molecule has 1 atom stereocenters. The molecule has 0 saturated carbocycles. The number of pyridine rings is 1. The van der Waals surface area contributed by atoms with E-state index in [0.29, 0.717) is 47.4 Å². The summed E-state index contributed by atoms with van der Waals surface area (Å²) in [6.07, 6.45) is 5.65. The molecule has 4 heterocycles. The number of H-pyrrole nitrogens is 1. The number of aliphatic hydroxyl groups is 1. The van der Waals surface area contributed by atoms with Crippen LogP contribution in [0.3, 0.4) is 0 Å². The van der Waals surface area contributed by atoms with Gasteiger partial charge in [-0.3, -0.25) is 4.79 Å². The number of hydrogen-bond donors (Lipinski definition) is 3. The average molecular weight is 508 g/mol. The van der Waals surface area contributed by atoms with Crippen molar-refractivity contribution in [1.29, 1.82) is 0 Å². The summed E-state index contributed by atoms with van der Waals surface area (Å²) in [6.45, 7) is 2.37. The van der Waals surface area contributed by atoms with Crippen LogP contribution >= 0.6 is 22.9 Å². The molecule has 0 spiro atoms. The van der Waals surface area contributed by atoms with Gasteiger partial charge in [0.1, 0.15) is 17.7 Å².